The minimum atomic E-state index is -0.933. The third kappa shape index (κ3) is 6.45. The summed E-state index contributed by atoms with van der Waals surface area (Å²) >= 11 is 0. The predicted octanol–water partition coefficient (Wildman–Crippen LogP) is 2.24. The van der Waals surface area contributed by atoms with Crippen molar-refractivity contribution < 1.29 is 9.59 Å². The van der Waals surface area contributed by atoms with Crippen LogP contribution in [0.4, 0.5) is 5.69 Å². The molecule has 22 heavy (non-hydrogen) atoms. The molecule has 0 saturated heterocycles. The van der Waals surface area contributed by atoms with Crippen LogP contribution in [0, 0.1) is 0 Å². The van der Waals surface area contributed by atoms with Crippen LogP contribution in [0.2, 0.25) is 0 Å². The molecule has 1 atom stereocenters. The van der Waals surface area contributed by atoms with Gasteiger partial charge in [-0.15, -0.1) is 12.4 Å². The van der Waals surface area contributed by atoms with Crippen LogP contribution in [0.15, 0.2) is 24.3 Å². The molecule has 0 aliphatic heterocycles. The zero-order chi connectivity index (χ0) is 15.9. The van der Waals surface area contributed by atoms with Gasteiger partial charge < -0.3 is 16.4 Å². The number of hydrogen-bond acceptors (Lipinski definition) is 3. The van der Waals surface area contributed by atoms with Crippen LogP contribution < -0.4 is 16.4 Å². The van der Waals surface area contributed by atoms with Gasteiger partial charge in [0.15, 0.2) is 0 Å². The van der Waals surface area contributed by atoms with Gasteiger partial charge in [-0.25, -0.2) is 0 Å². The van der Waals surface area contributed by atoms with Gasteiger partial charge in [-0.2, -0.15) is 0 Å². The maximum atomic E-state index is 11.9. The smallest absolute Gasteiger partial charge is 0.243 e. The van der Waals surface area contributed by atoms with Crippen molar-refractivity contribution in [3.63, 3.8) is 0 Å². The molecule has 2 amide bonds. The summed E-state index contributed by atoms with van der Waals surface area (Å²) in [5, 5.41) is 5.34. The van der Waals surface area contributed by atoms with Crippen molar-refractivity contribution in [1.82, 2.24) is 5.32 Å². The summed E-state index contributed by atoms with van der Waals surface area (Å²) < 4.78 is 0. The van der Waals surface area contributed by atoms with Crippen molar-refractivity contribution in [1.29, 1.82) is 0 Å². The third-order valence-corrected chi connectivity index (χ3v) is 3.32. The highest BCUT2D eigenvalue weighted by Gasteiger charge is 2.27. The van der Waals surface area contributed by atoms with E-state index in [1.807, 2.05) is 31.2 Å². The Morgan fingerprint density at radius 1 is 1.27 bits per heavy atom. The predicted molar refractivity (Wildman–Crippen MR) is 92.2 cm³/mol. The first-order valence-corrected chi connectivity index (χ1v) is 7.35. The number of benzene rings is 1. The van der Waals surface area contributed by atoms with Crippen LogP contribution in [0.3, 0.4) is 0 Å². The molecule has 1 rings (SSSR count). The average molecular weight is 328 g/mol. The normalized spacial score (nSPS) is 12.7. The Labute approximate surface area is 138 Å². The van der Waals surface area contributed by atoms with E-state index in [1.165, 1.54) is 0 Å². The van der Waals surface area contributed by atoms with Crippen molar-refractivity contribution in [3.05, 3.63) is 29.8 Å². The molecule has 1 aromatic rings. The zero-order valence-corrected chi connectivity index (χ0v) is 14.3. The zero-order valence-electron chi connectivity index (χ0n) is 13.4. The number of carbonyl (C=O) groups is 2. The first-order valence-electron chi connectivity index (χ1n) is 7.35. The number of amides is 2. The molecule has 124 valence electrons. The average Bonchev–Trinajstić information content (AvgIpc) is 2.44. The van der Waals surface area contributed by atoms with Gasteiger partial charge in [0.1, 0.15) is 0 Å². The number of carbonyl (C=O) groups excluding carboxylic acids is 2. The highest BCUT2D eigenvalue weighted by molar-refractivity contribution is 5.96. The first-order chi connectivity index (χ1) is 9.89. The summed E-state index contributed by atoms with van der Waals surface area (Å²) in [6.45, 7) is 5.61. The molecule has 0 fully saturated rings. The quantitative estimate of drug-likeness (QED) is 0.718. The molecule has 0 heterocycles. The van der Waals surface area contributed by atoms with Crippen LogP contribution in [0.1, 0.15) is 39.2 Å². The summed E-state index contributed by atoms with van der Waals surface area (Å²) in [6, 6.07) is 7.64. The van der Waals surface area contributed by atoms with E-state index in [0.29, 0.717) is 6.42 Å². The number of aryl methyl sites for hydroxylation is 1. The van der Waals surface area contributed by atoms with E-state index in [0.717, 1.165) is 24.1 Å². The number of anilines is 1. The van der Waals surface area contributed by atoms with Crippen molar-refractivity contribution in [3.8, 4) is 0 Å². The molecular weight excluding hydrogens is 302 g/mol. The van der Waals surface area contributed by atoms with Gasteiger partial charge in [-0.1, -0.05) is 32.4 Å². The number of halogens is 1. The number of nitrogens with one attached hydrogen (secondary N) is 2. The van der Waals surface area contributed by atoms with Gasteiger partial charge in [0.2, 0.25) is 11.8 Å². The maximum Gasteiger partial charge on any atom is 0.243 e. The summed E-state index contributed by atoms with van der Waals surface area (Å²) in [5.41, 5.74) is 6.85. The fourth-order valence-electron chi connectivity index (χ4n) is 2.07. The Morgan fingerprint density at radius 2 is 1.95 bits per heavy atom. The summed E-state index contributed by atoms with van der Waals surface area (Å²) in [6.07, 6.45) is 2.30. The van der Waals surface area contributed by atoms with Crippen molar-refractivity contribution in [2.24, 2.45) is 5.73 Å². The molecule has 5 nitrogen and oxygen atoms in total. The minimum absolute atomic E-state index is 0. The molecule has 1 unspecified atom stereocenters. The van der Waals surface area contributed by atoms with E-state index in [4.69, 9.17) is 5.73 Å². The standard InChI is InChI=1S/C16H25N3O2.ClH/c1-4-9-16(3,17)15(21)18-11-14(20)19-13-8-6-7-12(5-2)10-13;/h6-8,10H,4-5,9,11,17H2,1-3H3,(H,18,21)(H,19,20);1H. The van der Waals surface area contributed by atoms with Crippen LogP contribution >= 0.6 is 12.4 Å². The Kier molecular flexibility index (Phi) is 8.75. The van der Waals surface area contributed by atoms with Gasteiger partial charge in [0.05, 0.1) is 12.1 Å². The molecule has 6 heteroatoms. The van der Waals surface area contributed by atoms with Crippen LogP contribution in [-0.4, -0.2) is 23.9 Å². The monoisotopic (exact) mass is 327 g/mol. The van der Waals surface area contributed by atoms with E-state index < -0.39 is 5.54 Å². The van der Waals surface area contributed by atoms with Gasteiger partial charge in [0, 0.05) is 5.69 Å². The van der Waals surface area contributed by atoms with E-state index in [-0.39, 0.29) is 30.8 Å². The Morgan fingerprint density at radius 3 is 2.55 bits per heavy atom. The number of nitrogens with two attached hydrogens (primary N) is 1. The van der Waals surface area contributed by atoms with Crippen molar-refractivity contribution in [2.45, 2.75) is 45.6 Å². The highest BCUT2D eigenvalue weighted by atomic mass is 35.5. The summed E-state index contributed by atoms with van der Waals surface area (Å²) in [5.74, 6) is -0.564. The highest BCUT2D eigenvalue weighted by Crippen LogP contribution is 2.11. The van der Waals surface area contributed by atoms with E-state index >= 15 is 0 Å². The molecule has 0 aliphatic rings. The molecule has 0 radical (unpaired) electrons. The second-order valence-electron chi connectivity index (χ2n) is 5.45. The van der Waals surface area contributed by atoms with Gasteiger partial charge in [-0.3, -0.25) is 9.59 Å². The lowest BCUT2D eigenvalue weighted by Crippen LogP contribution is -2.52. The molecule has 4 N–H and O–H groups in total. The van der Waals surface area contributed by atoms with Gasteiger partial charge >= 0.3 is 0 Å². The molecular formula is C16H26ClN3O2. The van der Waals surface area contributed by atoms with Crippen molar-refractivity contribution in [2.75, 3.05) is 11.9 Å². The molecule has 0 bridgehead atoms. The van der Waals surface area contributed by atoms with Crippen LogP contribution in [0.5, 0.6) is 0 Å². The van der Waals surface area contributed by atoms with Crippen LogP contribution in [-0.2, 0) is 16.0 Å². The minimum Gasteiger partial charge on any atom is -0.345 e. The number of hydrogen-bond donors (Lipinski definition) is 3. The van der Waals surface area contributed by atoms with Gasteiger partial charge in [-0.05, 0) is 37.5 Å². The second kappa shape index (κ2) is 9.43. The van der Waals surface area contributed by atoms with Crippen molar-refractivity contribution >= 4 is 29.9 Å². The van der Waals surface area contributed by atoms with Gasteiger partial charge in [0.25, 0.3) is 0 Å². The maximum absolute atomic E-state index is 11.9. The van der Waals surface area contributed by atoms with E-state index in [2.05, 4.69) is 17.6 Å². The molecule has 0 spiro atoms. The third-order valence-electron chi connectivity index (χ3n) is 3.32. The lowest BCUT2D eigenvalue weighted by atomic mass is 9.96. The number of rotatable bonds is 7. The fraction of sp³-hybridized carbons (Fsp3) is 0.500. The molecule has 0 aromatic heterocycles. The first kappa shape index (κ1) is 20.4. The summed E-state index contributed by atoms with van der Waals surface area (Å²) in [7, 11) is 0. The van der Waals surface area contributed by atoms with E-state index in [1.54, 1.807) is 6.92 Å². The Hall–Kier alpha value is -1.59. The Balaban J connectivity index is 0.00000441. The SMILES string of the molecule is CCCC(C)(N)C(=O)NCC(=O)Nc1cccc(CC)c1.Cl. The lowest BCUT2D eigenvalue weighted by Gasteiger charge is -2.22. The Bertz CT molecular complexity index is 504. The van der Waals surface area contributed by atoms with E-state index in [9.17, 15) is 9.59 Å². The summed E-state index contributed by atoms with van der Waals surface area (Å²) in [4.78, 5) is 23.7. The lowest BCUT2D eigenvalue weighted by molar-refractivity contribution is -0.128. The van der Waals surface area contributed by atoms with Crippen LogP contribution in [0.25, 0.3) is 0 Å². The molecule has 0 saturated carbocycles. The second-order valence-corrected chi connectivity index (χ2v) is 5.45. The topological polar surface area (TPSA) is 84.2 Å². The molecule has 1 aromatic carbocycles. The fourth-order valence-corrected chi connectivity index (χ4v) is 2.07. The molecule has 0 aliphatic carbocycles. The largest absolute Gasteiger partial charge is 0.345 e.